The number of amides is 2. The van der Waals surface area contributed by atoms with Gasteiger partial charge in [0.2, 0.25) is 11.8 Å². The lowest BCUT2D eigenvalue weighted by Gasteiger charge is -2.18. The van der Waals surface area contributed by atoms with Gasteiger partial charge in [-0.05, 0) is 30.5 Å². The molecule has 2 rings (SSSR count). The molecule has 0 aliphatic carbocycles. The Morgan fingerprint density at radius 1 is 1.40 bits per heavy atom. The van der Waals surface area contributed by atoms with Gasteiger partial charge in [-0.15, -0.1) is 0 Å². The van der Waals surface area contributed by atoms with Crippen LogP contribution in [0.2, 0.25) is 5.02 Å². The Morgan fingerprint density at radius 2 is 2.12 bits per heavy atom. The summed E-state index contributed by atoms with van der Waals surface area (Å²) in [6, 6.07) is 4.52. The smallest absolute Gasteiger partial charge is 0.337 e. The average molecular weight is 367 g/mol. The Morgan fingerprint density at radius 3 is 2.76 bits per heavy atom. The summed E-state index contributed by atoms with van der Waals surface area (Å²) in [7, 11) is 1.28. The van der Waals surface area contributed by atoms with Crippen LogP contribution in [0.4, 0.5) is 5.69 Å². The van der Waals surface area contributed by atoms with E-state index in [0.717, 1.165) is 6.42 Å². The molecule has 1 aromatic carbocycles. The molecule has 0 saturated carbocycles. The van der Waals surface area contributed by atoms with Crippen LogP contribution in [-0.4, -0.2) is 42.9 Å². The molecule has 1 fully saturated rings. The van der Waals surface area contributed by atoms with E-state index in [1.807, 2.05) is 0 Å². The molecule has 0 radical (unpaired) electrons. The Kier molecular flexibility index (Phi) is 6.42. The van der Waals surface area contributed by atoms with E-state index < -0.39 is 11.9 Å². The number of ether oxygens (including phenoxy) is 1. The third-order valence-electron chi connectivity index (χ3n) is 4.21. The van der Waals surface area contributed by atoms with Crippen LogP contribution in [0.25, 0.3) is 0 Å². The van der Waals surface area contributed by atoms with Gasteiger partial charge in [0.1, 0.15) is 0 Å². The predicted octanol–water partition coefficient (Wildman–Crippen LogP) is 2.96. The molecule has 1 heterocycles. The third-order valence-corrected chi connectivity index (χ3v) is 4.54. The van der Waals surface area contributed by atoms with Gasteiger partial charge in [-0.25, -0.2) is 4.79 Å². The fourth-order valence-corrected chi connectivity index (χ4v) is 2.84. The first kappa shape index (κ1) is 19.2. The number of anilines is 1. The zero-order chi connectivity index (χ0) is 18.6. The number of methoxy groups -OCH3 is 1. The minimum Gasteiger partial charge on any atom is -0.465 e. The minimum atomic E-state index is -0.511. The van der Waals surface area contributed by atoms with Crippen LogP contribution in [0.15, 0.2) is 18.2 Å². The summed E-state index contributed by atoms with van der Waals surface area (Å²) in [6.07, 6.45) is 1.10. The van der Waals surface area contributed by atoms with Gasteiger partial charge in [-0.1, -0.05) is 25.4 Å². The van der Waals surface area contributed by atoms with Crippen LogP contribution >= 0.6 is 11.6 Å². The van der Waals surface area contributed by atoms with Gasteiger partial charge in [0.05, 0.1) is 29.3 Å². The normalized spacial score (nSPS) is 17.1. The number of hydrogen-bond donors (Lipinski definition) is 1. The number of nitrogens with zero attached hydrogens (tertiary/aromatic N) is 1. The van der Waals surface area contributed by atoms with E-state index in [-0.39, 0.29) is 18.2 Å². The molecule has 1 aliphatic heterocycles. The van der Waals surface area contributed by atoms with Crippen LogP contribution < -0.4 is 5.32 Å². The number of nitrogens with one attached hydrogen (secondary N) is 1. The summed E-state index contributed by atoms with van der Waals surface area (Å²) in [4.78, 5) is 37.9. The summed E-state index contributed by atoms with van der Waals surface area (Å²) >= 11 is 6.09. The summed E-state index contributed by atoms with van der Waals surface area (Å²) in [5.74, 6) is -0.708. The van der Waals surface area contributed by atoms with Crippen molar-refractivity contribution < 1.29 is 19.1 Å². The molecule has 1 atom stereocenters. The molecule has 1 aromatic rings. The predicted molar refractivity (Wildman–Crippen MR) is 95.6 cm³/mol. The molecule has 1 aliphatic rings. The fourth-order valence-electron chi connectivity index (χ4n) is 2.68. The number of likely N-dealkylation sites (tertiary alicyclic amines) is 1. The van der Waals surface area contributed by atoms with Crippen molar-refractivity contribution >= 4 is 35.1 Å². The highest BCUT2D eigenvalue weighted by Gasteiger charge is 2.34. The van der Waals surface area contributed by atoms with Gasteiger partial charge in [-0.3, -0.25) is 9.59 Å². The van der Waals surface area contributed by atoms with Gasteiger partial charge < -0.3 is 15.0 Å². The van der Waals surface area contributed by atoms with E-state index in [9.17, 15) is 14.4 Å². The van der Waals surface area contributed by atoms with Crippen LogP contribution in [0.3, 0.4) is 0 Å². The fraction of sp³-hybridized carbons (Fsp3) is 0.500. The van der Waals surface area contributed by atoms with Crippen molar-refractivity contribution in [1.82, 2.24) is 4.90 Å². The van der Waals surface area contributed by atoms with E-state index >= 15 is 0 Å². The van der Waals surface area contributed by atoms with E-state index in [4.69, 9.17) is 11.6 Å². The molecule has 1 saturated heterocycles. The zero-order valence-electron chi connectivity index (χ0n) is 14.7. The van der Waals surface area contributed by atoms with E-state index in [1.165, 1.54) is 25.3 Å². The molecule has 0 spiro atoms. The number of carbonyl (C=O) groups is 3. The molecule has 6 nitrogen and oxygen atoms in total. The maximum Gasteiger partial charge on any atom is 0.337 e. The monoisotopic (exact) mass is 366 g/mol. The van der Waals surface area contributed by atoms with E-state index in [0.29, 0.717) is 35.3 Å². The third kappa shape index (κ3) is 4.95. The number of rotatable bonds is 6. The van der Waals surface area contributed by atoms with Crippen molar-refractivity contribution in [3.63, 3.8) is 0 Å². The number of hydrogen-bond acceptors (Lipinski definition) is 4. The minimum absolute atomic E-state index is 0.00444. The molecule has 136 valence electrons. The Balaban J connectivity index is 2.03. The molecule has 0 bridgehead atoms. The first-order valence-electron chi connectivity index (χ1n) is 8.28. The van der Waals surface area contributed by atoms with Crippen molar-refractivity contribution in [2.75, 3.05) is 25.5 Å². The average Bonchev–Trinajstić information content (AvgIpc) is 2.95. The number of benzene rings is 1. The largest absolute Gasteiger partial charge is 0.465 e. The Hall–Kier alpha value is -2.08. The lowest BCUT2D eigenvalue weighted by Crippen LogP contribution is -2.29. The second-order valence-corrected chi connectivity index (χ2v) is 7.01. The van der Waals surface area contributed by atoms with Gasteiger partial charge in [0.15, 0.2) is 0 Å². The molecule has 1 N–H and O–H groups in total. The Bertz CT molecular complexity index is 675. The molecule has 2 amide bonds. The molecular formula is C18H23ClN2O4. The van der Waals surface area contributed by atoms with Crippen molar-refractivity contribution in [2.24, 2.45) is 11.8 Å². The molecule has 0 aromatic heterocycles. The van der Waals surface area contributed by atoms with Crippen LogP contribution in [0.1, 0.15) is 37.0 Å². The maximum absolute atomic E-state index is 12.5. The SMILES string of the molecule is COC(=O)c1ccc(Cl)c(NC(=O)C2CC(=O)N(CCC(C)C)C2)c1. The first-order chi connectivity index (χ1) is 11.8. The molecule has 1 unspecified atom stereocenters. The van der Waals surface area contributed by atoms with Crippen molar-refractivity contribution in [3.8, 4) is 0 Å². The van der Waals surface area contributed by atoms with Crippen LogP contribution in [-0.2, 0) is 14.3 Å². The zero-order valence-corrected chi connectivity index (χ0v) is 15.4. The lowest BCUT2D eigenvalue weighted by molar-refractivity contribution is -0.128. The van der Waals surface area contributed by atoms with Gasteiger partial charge in [0, 0.05) is 19.5 Å². The number of halogens is 1. The highest BCUT2D eigenvalue weighted by Crippen LogP contribution is 2.26. The van der Waals surface area contributed by atoms with Gasteiger partial charge >= 0.3 is 5.97 Å². The lowest BCUT2D eigenvalue weighted by atomic mass is 10.1. The van der Waals surface area contributed by atoms with E-state index in [2.05, 4.69) is 23.9 Å². The van der Waals surface area contributed by atoms with Crippen molar-refractivity contribution in [2.45, 2.75) is 26.7 Å². The van der Waals surface area contributed by atoms with Crippen LogP contribution in [0.5, 0.6) is 0 Å². The quantitative estimate of drug-likeness (QED) is 0.785. The topological polar surface area (TPSA) is 75.7 Å². The van der Waals surface area contributed by atoms with Crippen molar-refractivity contribution in [1.29, 1.82) is 0 Å². The highest BCUT2D eigenvalue weighted by atomic mass is 35.5. The molecule has 25 heavy (non-hydrogen) atoms. The standard InChI is InChI=1S/C18H23ClN2O4/c1-11(2)6-7-21-10-13(9-16(21)22)17(23)20-15-8-12(18(24)25-3)4-5-14(15)19/h4-5,8,11,13H,6-7,9-10H2,1-3H3,(H,20,23). The summed E-state index contributed by atoms with van der Waals surface area (Å²) in [5, 5.41) is 3.04. The second-order valence-electron chi connectivity index (χ2n) is 6.60. The van der Waals surface area contributed by atoms with Gasteiger partial charge in [0.25, 0.3) is 0 Å². The van der Waals surface area contributed by atoms with E-state index in [1.54, 1.807) is 4.90 Å². The second kappa shape index (κ2) is 8.34. The molecular weight excluding hydrogens is 344 g/mol. The number of carbonyl (C=O) groups excluding carboxylic acids is 3. The molecule has 7 heteroatoms. The summed E-state index contributed by atoms with van der Waals surface area (Å²) < 4.78 is 4.66. The number of esters is 1. The highest BCUT2D eigenvalue weighted by molar-refractivity contribution is 6.33. The summed E-state index contributed by atoms with van der Waals surface area (Å²) in [6.45, 7) is 5.27. The first-order valence-corrected chi connectivity index (χ1v) is 8.66. The summed E-state index contributed by atoms with van der Waals surface area (Å²) in [5.41, 5.74) is 0.630. The van der Waals surface area contributed by atoms with Crippen molar-refractivity contribution in [3.05, 3.63) is 28.8 Å². The maximum atomic E-state index is 12.5. The van der Waals surface area contributed by atoms with Crippen LogP contribution in [0, 0.1) is 11.8 Å². The Labute approximate surface area is 152 Å². The van der Waals surface area contributed by atoms with Gasteiger partial charge in [-0.2, -0.15) is 0 Å².